The Morgan fingerprint density at radius 1 is 1.25 bits per heavy atom. The van der Waals surface area contributed by atoms with E-state index in [0.717, 1.165) is 6.07 Å². The number of benzene rings is 1. The predicted molar refractivity (Wildman–Crippen MR) is 48.2 cm³/mol. The van der Waals surface area contributed by atoms with Crippen molar-refractivity contribution in [2.75, 3.05) is 0 Å². The summed E-state index contributed by atoms with van der Waals surface area (Å²) in [5.41, 5.74) is -1.57. The SMILES string of the molecule is NS(=O)(=O)Cc1ccc(C(F)(F)F)cc1F. The molecule has 0 aliphatic rings. The molecule has 0 spiro atoms. The van der Waals surface area contributed by atoms with Gasteiger partial charge in [-0.05, 0) is 12.1 Å². The van der Waals surface area contributed by atoms with Crippen LogP contribution < -0.4 is 5.14 Å². The first-order chi connectivity index (χ1) is 7.09. The van der Waals surface area contributed by atoms with Gasteiger partial charge in [-0.2, -0.15) is 13.2 Å². The van der Waals surface area contributed by atoms with E-state index in [2.05, 4.69) is 5.14 Å². The van der Waals surface area contributed by atoms with E-state index in [-0.39, 0.29) is 6.07 Å². The Bertz CT molecular complexity index is 495. The summed E-state index contributed by atoms with van der Waals surface area (Å²) in [6.45, 7) is 0. The molecule has 8 heteroatoms. The van der Waals surface area contributed by atoms with Gasteiger partial charge < -0.3 is 0 Å². The second kappa shape index (κ2) is 4.02. The smallest absolute Gasteiger partial charge is 0.228 e. The predicted octanol–water partition coefficient (Wildman–Crippen LogP) is 1.63. The van der Waals surface area contributed by atoms with Crippen molar-refractivity contribution < 1.29 is 26.0 Å². The summed E-state index contributed by atoms with van der Waals surface area (Å²) in [7, 11) is -3.97. The molecule has 0 atom stereocenters. The Balaban J connectivity index is 3.11. The van der Waals surface area contributed by atoms with Crippen LogP contribution in [0.5, 0.6) is 0 Å². The van der Waals surface area contributed by atoms with Crippen LogP contribution in [-0.4, -0.2) is 8.42 Å². The lowest BCUT2D eigenvalue weighted by molar-refractivity contribution is -0.137. The minimum atomic E-state index is -4.67. The van der Waals surface area contributed by atoms with Gasteiger partial charge >= 0.3 is 6.18 Å². The molecule has 0 heterocycles. The maximum atomic E-state index is 13.1. The van der Waals surface area contributed by atoms with Crippen LogP contribution in [0.1, 0.15) is 11.1 Å². The number of rotatable bonds is 2. The molecule has 0 saturated heterocycles. The molecular weight excluding hydrogens is 250 g/mol. The first-order valence-corrected chi connectivity index (χ1v) is 5.67. The summed E-state index contributed by atoms with van der Waals surface area (Å²) >= 11 is 0. The third-order valence-electron chi connectivity index (χ3n) is 1.74. The second-order valence-corrected chi connectivity index (χ2v) is 4.73. The standard InChI is InChI=1S/C8H7F4NO2S/c9-7-3-6(8(10,11)12)2-1-5(7)4-16(13,14)15/h1-3H,4H2,(H2,13,14,15). The van der Waals surface area contributed by atoms with Crippen LogP contribution >= 0.6 is 0 Å². The lowest BCUT2D eigenvalue weighted by atomic mass is 10.1. The molecule has 0 aliphatic carbocycles. The fourth-order valence-electron chi connectivity index (χ4n) is 1.06. The van der Waals surface area contributed by atoms with Gasteiger partial charge in [0.1, 0.15) is 5.82 Å². The first kappa shape index (κ1) is 12.9. The van der Waals surface area contributed by atoms with E-state index in [4.69, 9.17) is 0 Å². The van der Waals surface area contributed by atoms with Crippen LogP contribution in [0.4, 0.5) is 17.6 Å². The molecule has 0 amide bonds. The van der Waals surface area contributed by atoms with Gasteiger partial charge in [-0.3, -0.25) is 0 Å². The van der Waals surface area contributed by atoms with Crippen molar-refractivity contribution in [1.82, 2.24) is 0 Å². The quantitative estimate of drug-likeness (QED) is 0.818. The largest absolute Gasteiger partial charge is 0.416 e. The van der Waals surface area contributed by atoms with Crippen LogP contribution in [0, 0.1) is 5.82 Å². The average molecular weight is 257 g/mol. The third-order valence-corrected chi connectivity index (χ3v) is 2.45. The molecule has 0 fully saturated rings. The van der Waals surface area contributed by atoms with Crippen LogP contribution in [0.25, 0.3) is 0 Å². The highest BCUT2D eigenvalue weighted by atomic mass is 32.2. The van der Waals surface area contributed by atoms with Crippen molar-refractivity contribution in [3.63, 3.8) is 0 Å². The molecule has 16 heavy (non-hydrogen) atoms. The Kier molecular flexibility index (Phi) is 3.25. The molecule has 0 aromatic heterocycles. The molecule has 0 unspecified atom stereocenters. The van der Waals surface area contributed by atoms with Crippen molar-refractivity contribution in [1.29, 1.82) is 0 Å². The van der Waals surface area contributed by atoms with Crippen molar-refractivity contribution in [2.24, 2.45) is 5.14 Å². The van der Waals surface area contributed by atoms with Crippen molar-refractivity contribution in [3.05, 3.63) is 35.1 Å². The van der Waals surface area contributed by atoms with Gasteiger partial charge in [0.15, 0.2) is 0 Å². The number of hydrogen-bond acceptors (Lipinski definition) is 2. The molecule has 1 aromatic carbocycles. The Morgan fingerprint density at radius 3 is 2.19 bits per heavy atom. The van der Waals surface area contributed by atoms with Gasteiger partial charge in [0.05, 0.1) is 11.3 Å². The molecule has 90 valence electrons. The zero-order valence-corrected chi connectivity index (χ0v) is 8.57. The van der Waals surface area contributed by atoms with Crippen LogP contribution in [-0.2, 0) is 22.0 Å². The van der Waals surface area contributed by atoms with E-state index < -0.39 is 38.9 Å². The summed E-state index contributed by atoms with van der Waals surface area (Å²) in [4.78, 5) is 0. The number of nitrogens with two attached hydrogens (primary N) is 1. The van der Waals surface area contributed by atoms with Crippen LogP contribution in [0.15, 0.2) is 18.2 Å². The van der Waals surface area contributed by atoms with E-state index in [1.54, 1.807) is 0 Å². The maximum absolute atomic E-state index is 13.1. The normalized spacial score (nSPS) is 12.8. The summed E-state index contributed by atoms with van der Waals surface area (Å²) in [5.74, 6) is -2.08. The summed E-state index contributed by atoms with van der Waals surface area (Å²) in [6, 6.07) is 1.59. The Hall–Kier alpha value is -1.15. The Morgan fingerprint density at radius 2 is 1.81 bits per heavy atom. The highest BCUT2D eigenvalue weighted by Crippen LogP contribution is 2.30. The molecule has 0 saturated carbocycles. The van der Waals surface area contributed by atoms with Gasteiger partial charge in [0.2, 0.25) is 10.0 Å². The number of halogens is 4. The summed E-state index contributed by atoms with van der Waals surface area (Å²) in [6.07, 6.45) is -4.67. The van der Waals surface area contributed by atoms with Crippen LogP contribution in [0.2, 0.25) is 0 Å². The second-order valence-electron chi connectivity index (χ2n) is 3.11. The monoisotopic (exact) mass is 257 g/mol. The van der Waals surface area contributed by atoms with E-state index in [1.807, 2.05) is 0 Å². The Labute approximate surface area is 88.9 Å². The number of primary sulfonamides is 1. The molecule has 0 aliphatic heterocycles. The fraction of sp³-hybridized carbons (Fsp3) is 0.250. The fourth-order valence-corrected chi connectivity index (χ4v) is 1.73. The molecule has 1 aromatic rings. The molecule has 0 bridgehead atoms. The zero-order valence-electron chi connectivity index (χ0n) is 7.75. The summed E-state index contributed by atoms with van der Waals surface area (Å²) in [5, 5.41) is 4.64. The third kappa shape index (κ3) is 3.46. The van der Waals surface area contributed by atoms with Crippen molar-refractivity contribution >= 4 is 10.0 Å². The van der Waals surface area contributed by atoms with Gasteiger partial charge in [0.25, 0.3) is 0 Å². The molecule has 0 radical (unpaired) electrons. The van der Waals surface area contributed by atoms with E-state index in [9.17, 15) is 26.0 Å². The summed E-state index contributed by atoms with van der Waals surface area (Å²) < 4.78 is 70.7. The molecule has 1 rings (SSSR count). The molecule has 2 N–H and O–H groups in total. The zero-order chi connectivity index (χ0) is 12.6. The van der Waals surface area contributed by atoms with E-state index in [1.165, 1.54) is 0 Å². The van der Waals surface area contributed by atoms with E-state index in [0.29, 0.717) is 6.07 Å². The topological polar surface area (TPSA) is 60.2 Å². The maximum Gasteiger partial charge on any atom is 0.416 e. The molecular formula is C8H7F4NO2S. The lowest BCUT2D eigenvalue weighted by Gasteiger charge is -2.08. The number of sulfonamides is 1. The van der Waals surface area contributed by atoms with Crippen molar-refractivity contribution in [3.8, 4) is 0 Å². The van der Waals surface area contributed by atoms with Gasteiger partial charge in [-0.15, -0.1) is 0 Å². The first-order valence-electron chi connectivity index (χ1n) is 3.96. The van der Waals surface area contributed by atoms with E-state index >= 15 is 0 Å². The van der Waals surface area contributed by atoms with Crippen molar-refractivity contribution in [2.45, 2.75) is 11.9 Å². The number of alkyl halides is 3. The highest BCUT2D eigenvalue weighted by Gasteiger charge is 2.31. The van der Waals surface area contributed by atoms with Gasteiger partial charge in [-0.1, -0.05) is 6.07 Å². The minimum Gasteiger partial charge on any atom is -0.228 e. The average Bonchev–Trinajstić information content (AvgIpc) is 2.04. The molecule has 3 nitrogen and oxygen atoms in total. The van der Waals surface area contributed by atoms with Gasteiger partial charge in [0, 0.05) is 5.56 Å². The van der Waals surface area contributed by atoms with Gasteiger partial charge in [-0.25, -0.2) is 17.9 Å². The number of hydrogen-bond donors (Lipinski definition) is 1. The lowest BCUT2D eigenvalue weighted by Crippen LogP contribution is -2.16. The van der Waals surface area contributed by atoms with Crippen LogP contribution in [0.3, 0.4) is 0 Å². The highest BCUT2D eigenvalue weighted by molar-refractivity contribution is 7.88. The minimum absolute atomic E-state index is 0.237.